The molecule has 1 aromatic carbocycles. The molecule has 1 amide bonds. The number of nitrogens with zero attached hydrogens (tertiary/aromatic N) is 1. The Morgan fingerprint density at radius 1 is 1.24 bits per heavy atom. The third kappa shape index (κ3) is 2.28. The highest BCUT2D eigenvalue weighted by Crippen LogP contribution is 2.29. The van der Waals surface area contributed by atoms with E-state index in [1.165, 1.54) is 16.7 Å². The molecule has 3 heterocycles. The predicted molar refractivity (Wildman–Crippen MR) is 83.1 cm³/mol. The zero-order chi connectivity index (χ0) is 14.2. The first-order valence-corrected chi connectivity index (χ1v) is 7.87. The fourth-order valence-electron chi connectivity index (χ4n) is 3.63. The summed E-state index contributed by atoms with van der Waals surface area (Å²) in [5.74, 6) is 0.212. The summed E-state index contributed by atoms with van der Waals surface area (Å²) >= 11 is 0. The third-order valence-electron chi connectivity index (χ3n) is 4.83. The number of nitrogens with one attached hydrogen (secondary N) is 2. The standard InChI is InChI=1S/C17H21N3O/c21-17-16-4-3-12(13-5-7-19-9-13)8-14(16)11-20(17)15-2-1-6-18-10-15/h3-5,8,15,18-19H,1-2,6-7,9-11H2. The van der Waals surface area contributed by atoms with Crippen molar-refractivity contribution in [1.29, 1.82) is 0 Å². The highest BCUT2D eigenvalue weighted by atomic mass is 16.2. The first-order chi connectivity index (χ1) is 10.3. The van der Waals surface area contributed by atoms with Crippen molar-refractivity contribution in [1.82, 2.24) is 15.5 Å². The van der Waals surface area contributed by atoms with Gasteiger partial charge in [0.2, 0.25) is 0 Å². The second-order valence-corrected chi connectivity index (χ2v) is 6.17. The minimum atomic E-state index is 0.212. The number of hydrogen-bond acceptors (Lipinski definition) is 3. The molecule has 1 unspecified atom stereocenters. The maximum absolute atomic E-state index is 12.6. The van der Waals surface area contributed by atoms with Gasteiger partial charge in [-0.25, -0.2) is 0 Å². The zero-order valence-electron chi connectivity index (χ0n) is 12.2. The van der Waals surface area contributed by atoms with E-state index in [0.29, 0.717) is 6.04 Å². The fraction of sp³-hybridized carbons (Fsp3) is 0.471. The lowest BCUT2D eigenvalue weighted by atomic mass is 10.0. The molecule has 21 heavy (non-hydrogen) atoms. The van der Waals surface area contributed by atoms with Crippen molar-refractivity contribution in [2.45, 2.75) is 25.4 Å². The highest BCUT2D eigenvalue weighted by molar-refractivity contribution is 5.99. The van der Waals surface area contributed by atoms with E-state index in [9.17, 15) is 4.79 Å². The number of amides is 1. The van der Waals surface area contributed by atoms with Gasteiger partial charge in [0.1, 0.15) is 0 Å². The van der Waals surface area contributed by atoms with E-state index in [4.69, 9.17) is 0 Å². The molecule has 1 atom stereocenters. The Labute approximate surface area is 125 Å². The molecular weight excluding hydrogens is 262 g/mol. The van der Waals surface area contributed by atoms with E-state index < -0.39 is 0 Å². The maximum Gasteiger partial charge on any atom is 0.254 e. The SMILES string of the molecule is O=C1c2ccc(C3=CCNC3)cc2CN1C1CCCNC1. The van der Waals surface area contributed by atoms with Gasteiger partial charge in [0.25, 0.3) is 5.91 Å². The molecule has 0 aromatic heterocycles. The lowest BCUT2D eigenvalue weighted by Crippen LogP contribution is -2.46. The quantitative estimate of drug-likeness (QED) is 0.862. The van der Waals surface area contributed by atoms with E-state index in [-0.39, 0.29) is 5.91 Å². The lowest BCUT2D eigenvalue weighted by Gasteiger charge is -2.31. The van der Waals surface area contributed by atoms with Crippen molar-refractivity contribution in [2.24, 2.45) is 0 Å². The van der Waals surface area contributed by atoms with Crippen LogP contribution < -0.4 is 10.6 Å². The first kappa shape index (κ1) is 13.0. The van der Waals surface area contributed by atoms with Crippen LogP contribution in [0.25, 0.3) is 5.57 Å². The van der Waals surface area contributed by atoms with E-state index >= 15 is 0 Å². The van der Waals surface area contributed by atoms with Crippen LogP contribution >= 0.6 is 0 Å². The van der Waals surface area contributed by atoms with Crippen LogP contribution in [0.15, 0.2) is 24.3 Å². The number of rotatable bonds is 2. The van der Waals surface area contributed by atoms with Gasteiger partial charge >= 0.3 is 0 Å². The summed E-state index contributed by atoms with van der Waals surface area (Å²) in [6, 6.07) is 6.68. The Bertz CT molecular complexity index is 602. The number of piperidine rings is 1. The van der Waals surface area contributed by atoms with Crippen molar-refractivity contribution >= 4 is 11.5 Å². The normalized spacial score (nSPS) is 25.1. The fourth-order valence-corrected chi connectivity index (χ4v) is 3.63. The maximum atomic E-state index is 12.6. The molecule has 1 aromatic rings. The van der Waals surface area contributed by atoms with Crippen LogP contribution in [0, 0.1) is 0 Å². The van der Waals surface area contributed by atoms with Crippen molar-refractivity contribution in [3.8, 4) is 0 Å². The molecule has 4 heteroatoms. The number of fused-ring (bicyclic) bond motifs is 1. The molecule has 1 saturated heterocycles. The van der Waals surface area contributed by atoms with Crippen LogP contribution in [0.4, 0.5) is 0 Å². The summed E-state index contributed by atoms with van der Waals surface area (Å²) < 4.78 is 0. The molecule has 0 aliphatic carbocycles. The second kappa shape index (κ2) is 5.28. The van der Waals surface area contributed by atoms with Gasteiger partial charge in [0.05, 0.1) is 0 Å². The molecule has 0 radical (unpaired) electrons. The van der Waals surface area contributed by atoms with Crippen LogP contribution in [0.5, 0.6) is 0 Å². The Hall–Kier alpha value is -1.65. The smallest absolute Gasteiger partial charge is 0.254 e. The minimum absolute atomic E-state index is 0.212. The summed E-state index contributed by atoms with van der Waals surface area (Å²) in [5.41, 5.74) is 4.70. The third-order valence-corrected chi connectivity index (χ3v) is 4.83. The Kier molecular flexibility index (Phi) is 3.28. The molecule has 0 saturated carbocycles. The molecular formula is C17H21N3O. The van der Waals surface area contributed by atoms with Gasteiger partial charge in [-0.15, -0.1) is 0 Å². The van der Waals surface area contributed by atoms with E-state index in [1.54, 1.807) is 0 Å². The molecule has 2 N–H and O–H groups in total. The molecule has 110 valence electrons. The Balaban J connectivity index is 1.59. The van der Waals surface area contributed by atoms with Gasteiger partial charge in [0, 0.05) is 37.8 Å². The Morgan fingerprint density at radius 3 is 2.95 bits per heavy atom. The summed E-state index contributed by atoms with van der Waals surface area (Å²) in [6.45, 7) is 4.67. The monoisotopic (exact) mass is 283 g/mol. The van der Waals surface area contributed by atoms with E-state index in [0.717, 1.165) is 51.1 Å². The summed E-state index contributed by atoms with van der Waals surface area (Å²) in [4.78, 5) is 14.7. The second-order valence-electron chi connectivity index (χ2n) is 6.17. The highest BCUT2D eigenvalue weighted by Gasteiger charge is 2.33. The number of carbonyl (C=O) groups is 1. The van der Waals surface area contributed by atoms with Crippen LogP contribution in [0.2, 0.25) is 0 Å². The molecule has 0 bridgehead atoms. The van der Waals surface area contributed by atoms with Crippen molar-refractivity contribution in [3.63, 3.8) is 0 Å². The predicted octanol–water partition coefficient (Wildman–Crippen LogP) is 1.38. The summed E-state index contributed by atoms with van der Waals surface area (Å²) in [5, 5.41) is 6.73. The van der Waals surface area contributed by atoms with E-state index in [2.05, 4.69) is 33.7 Å². The van der Waals surface area contributed by atoms with Crippen LogP contribution in [-0.2, 0) is 6.54 Å². The van der Waals surface area contributed by atoms with Gasteiger partial charge in [-0.05, 0) is 48.2 Å². The van der Waals surface area contributed by atoms with Gasteiger partial charge in [-0.1, -0.05) is 12.1 Å². The molecule has 4 rings (SSSR count). The largest absolute Gasteiger partial charge is 0.330 e. The number of hydrogen-bond donors (Lipinski definition) is 2. The molecule has 4 nitrogen and oxygen atoms in total. The average Bonchev–Trinajstić information content (AvgIpc) is 3.16. The molecule has 3 aliphatic rings. The van der Waals surface area contributed by atoms with E-state index in [1.807, 2.05) is 6.07 Å². The topological polar surface area (TPSA) is 44.4 Å². The molecule has 1 fully saturated rings. The van der Waals surface area contributed by atoms with Crippen molar-refractivity contribution in [3.05, 3.63) is 41.0 Å². The van der Waals surface area contributed by atoms with Gasteiger partial charge in [0.15, 0.2) is 0 Å². The number of benzene rings is 1. The van der Waals surface area contributed by atoms with Crippen LogP contribution in [0.1, 0.15) is 34.3 Å². The minimum Gasteiger partial charge on any atom is -0.330 e. The van der Waals surface area contributed by atoms with Gasteiger partial charge in [-0.2, -0.15) is 0 Å². The van der Waals surface area contributed by atoms with Gasteiger partial charge < -0.3 is 15.5 Å². The summed E-state index contributed by atoms with van der Waals surface area (Å²) in [7, 11) is 0. The summed E-state index contributed by atoms with van der Waals surface area (Å²) in [6.07, 6.45) is 4.52. The number of carbonyl (C=O) groups excluding carboxylic acids is 1. The van der Waals surface area contributed by atoms with Crippen LogP contribution in [-0.4, -0.2) is 43.0 Å². The van der Waals surface area contributed by atoms with Gasteiger partial charge in [-0.3, -0.25) is 4.79 Å². The first-order valence-electron chi connectivity index (χ1n) is 7.87. The molecule has 0 spiro atoms. The Morgan fingerprint density at radius 2 is 2.19 bits per heavy atom. The zero-order valence-corrected chi connectivity index (χ0v) is 12.2. The van der Waals surface area contributed by atoms with Crippen LogP contribution in [0.3, 0.4) is 0 Å². The average molecular weight is 283 g/mol. The van der Waals surface area contributed by atoms with Crippen molar-refractivity contribution in [2.75, 3.05) is 26.2 Å². The van der Waals surface area contributed by atoms with Crippen molar-refractivity contribution < 1.29 is 4.79 Å². The molecule has 3 aliphatic heterocycles. The lowest BCUT2D eigenvalue weighted by molar-refractivity contribution is 0.0674.